The maximum atomic E-state index is 13.6. The van der Waals surface area contributed by atoms with Crippen molar-refractivity contribution in [1.82, 2.24) is 4.31 Å². The molecule has 1 aliphatic rings. The highest BCUT2D eigenvalue weighted by atomic mass is 35.6. The number of alkyl halides is 7. The molecule has 13 heteroatoms. The number of nitrogens with zero attached hydrogens (tertiary/aromatic N) is 1. The summed E-state index contributed by atoms with van der Waals surface area (Å²) in [6, 6.07) is 0. The van der Waals surface area contributed by atoms with Gasteiger partial charge in [0, 0.05) is 13.1 Å². The number of halogens is 7. The molecule has 5 nitrogen and oxygen atoms in total. The summed E-state index contributed by atoms with van der Waals surface area (Å²) in [7, 11) is -5.72. The van der Waals surface area contributed by atoms with E-state index < -0.39 is 38.5 Å². The van der Waals surface area contributed by atoms with Crippen LogP contribution in [0.2, 0.25) is 0 Å². The van der Waals surface area contributed by atoms with Gasteiger partial charge in [-0.2, -0.15) is 21.9 Å². The molecule has 0 aromatic rings. The topological polar surface area (TPSA) is 55.8 Å². The summed E-state index contributed by atoms with van der Waals surface area (Å²) in [6.45, 7) is -1.40. The molecule has 1 rings (SSSR count). The average molecular weight is 385 g/mol. The third kappa shape index (κ3) is 3.79. The van der Waals surface area contributed by atoms with Gasteiger partial charge in [-0.25, -0.2) is 8.42 Å². The maximum absolute atomic E-state index is 13.6. The second-order valence-corrected chi connectivity index (χ2v) is 7.75. The monoisotopic (exact) mass is 383 g/mol. The number of morpholine rings is 1. The predicted molar refractivity (Wildman–Crippen MR) is 62.6 cm³/mol. The molecule has 120 valence electrons. The van der Waals surface area contributed by atoms with Gasteiger partial charge in [-0.15, -0.1) is 0 Å². The van der Waals surface area contributed by atoms with Crippen LogP contribution in [0.1, 0.15) is 0 Å². The Kier molecular flexibility index (Phi) is 5.45. The van der Waals surface area contributed by atoms with Crippen molar-refractivity contribution >= 4 is 44.8 Å². The van der Waals surface area contributed by atoms with Crippen LogP contribution >= 0.6 is 34.8 Å². The first-order valence-corrected chi connectivity index (χ1v) is 7.48. The van der Waals surface area contributed by atoms with E-state index in [1.165, 1.54) is 0 Å². The molecule has 1 heterocycles. The number of ether oxygens (including phenoxy) is 2. The second kappa shape index (κ2) is 5.90. The van der Waals surface area contributed by atoms with Crippen LogP contribution in [0.5, 0.6) is 0 Å². The molecule has 1 fully saturated rings. The molecule has 0 amide bonds. The van der Waals surface area contributed by atoms with Crippen molar-refractivity contribution in [3.63, 3.8) is 0 Å². The third-order valence-electron chi connectivity index (χ3n) is 2.22. The van der Waals surface area contributed by atoms with E-state index in [1.807, 2.05) is 0 Å². The SMILES string of the molecule is O=S(=O)(N1CCOCC1)C(F)(F)C(F)(F)OC(Cl)(Cl)Cl. The van der Waals surface area contributed by atoms with E-state index in [-0.39, 0.29) is 17.5 Å². The first-order valence-electron chi connectivity index (χ1n) is 4.91. The van der Waals surface area contributed by atoms with E-state index in [2.05, 4.69) is 4.74 Å². The lowest BCUT2D eigenvalue weighted by Crippen LogP contribution is -2.57. The van der Waals surface area contributed by atoms with Gasteiger partial charge in [0.1, 0.15) is 0 Å². The Morgan fingerprint density at radius 2 is 1.50 bits per heavy atom. The smallest absolute Gasteiger partial charge is 0.379 e. The Morgan fingerprint density at radius 1 is 1.05 bits per heavy atom. The van der Waals surface area contributed by atoms with E-state index in [9.17, 15) is 26.0 Å². The molecule has 1 saturated heterocycles. The molecule has 0 N–H and O–H groups in total. The fourth-order valence-electron chi connectivity index (χ4n) is 1.30. The highest BCUT2D eigenvalue weighted by Crippen LogP contribution is 2.46. The lowest BCUT2D eigenvalue weighted by atomic mass is 10.5. The summed E-state index contributed by atoms with van der Waals surface area (Å²) < 4.78 is 81.8. The standard InChI is InChI=1S/C7H8Cl3F4NO4S/c8-7(9,10)19-5(11,12)6(13,14)20(16,17)15-1-3-18-4-2-15/h1-4H2. The molecule has 0 aromatic carbocycles. The lowest BCUT2D eigenvalue weighted by Gasteiger charge is -2.33. The van der Waals surface area contributed by atoms with Crippen molar-refractivity contribution in [3.8, 4) is 0 Å². The van der Waals surface area contributed by atoms with Gasteiger partial charge in [-0.3, -0.25) is 4.74 Å². The minimum atomic E-state index is -5.72. The summed E-state index contributed by atoms with van der Waals surface area (Å²) in [6.07, 6.45) is -5.53. The summed E-state index contributed by atoms with van der Waals surface area (Å²) in [4.78, 5) is 0. The molecule has 0 aromatic heterocycles. The largest absolute Gasteiger partial charge is 0.448 e. The van der Waals surface area contributed by atoms with Crippen LogP contribution in [0, 0.1) is 0 Å². The highest BCUT2D eigenvalue weighted by molar-refractivity contribution is 7.90. The molecule has 1 aliphatic heterocycles. The lowest BCUT2D eigenvalue weighted by molar-refractivity contribution is -0.321. The second-order valence-electron chi connectivity index (χ2n) is 3.60. The number of hydrogen-bond acceptors (Lipinski definition) is 4. The number of hydrogen-bond donors (Lipinski definition) is 0. The molecular weight excluding hydrogens is 376 g/mol. The van der Waals surface area contributed by atoms with Gasteiger partial charge in [0.15, 0.2) is 0 Å². The van der Waals surface area contributed by atoms with Crippen molar-refractivity contribution in [2.45, 2.75) is 15.3 Å². The molecule has 0 aliphatic carbocycles. The van der Waals surface area contributed by atoms with Crippen LogP contribution in [0.3, 0.4) is 0 Å². The normalized spacial score (nSPS) is 20.1. The molecule has 0 radical (unpaired) electrons. The van der Waals surface area contributed by atoms with Crippen LogP contribution in [-0.2, 0) is 19.5 Å². The Morgan fingerprint density at radius 3 is 1.90 bits per heavy atom. The van der Waals surface area contributed by atoms with Crippen LogP contribution < -0.4 is 0 Å². The van der Waals surface area contributed by atoms with E-state index in [1.54, 1.807) is 0 Å². The third-order valence-corrected chi connectivity index (χ3v) is 4.38. The quantitative estimate of drug-likeness (QED) is 0.551. The molecule has 20 heavy (non-hydrogen) atoms. The molecule has 0 atom stereocenters. The van der Waals surface area contributed by atoms with Gasteiger partial charge in [0.2, 0.25) is 0 Å². The first kappa shape index (κ1) is 18.5. The zero-order chi connectivity index (χ0) is 15.8. The Balaban J connectivity index is 3.06. The van der Waals surface area contributed by atoms with Gasteiger partial charge in [-0.1, -0.05) is 34.8 Å². The molecular formula is C7H8Cl3F4NO4S. The van der Waals surface area contributed by atoms with Gasteiger partial charge < -0.3 is 4.74 Å². The Labute approximate surface area is 126 Å². The van der Waals surface area contributed by atoms with Crippen molar-refractivity contribution in [1.29, 1.82) is 0 Å². The number of sulfonamides is 1. The molecule has 0 spiro atoms. The summed E-state index contributed by atoms with van der Waals surface area (Å²) >= 11 is 14.5. The van der Waals surface area contributed by atoms with Gasteiger partial charge >= 0.3 is 15.3 Å². The summed E-state index contributed by atoms with van der Waals surface area (Å²) in [5.41, 5.74) is 0. The average Bonchev–Trinajstić information content (AvgIpc) is 2.26. The maximum Gasteiger partial charge on any atom is 0.448 e. The highest BCUT2D eigenvalue weighted by Gasteiger charge is 2.70. The van der Waals surface area contributed by atoms with Crippen LogP contribution in [0.15, 0.2) is 0 Å². The van der Waals surface area contributed by atoms with Crippen LogP contribution in [0.25, 0.3) is 0 Å². The minimum Gasteiger partial charge on any atom is -0.379 e. The van der Waals surface area contributed by atoms with Gasteiger partial charge in [0.05, 0.1) is 13.2 Å². The van der Waals surface area contributed by atoms with Crippen molar-refractivity contribution in [2.24, 2.45) is 0 Å². The van der Waals surface area contributed by atoms with E-state index in [4.69, 9.17) is 39.5 Å². The van der Waals surface area contributed by atoms with Crippen LogP contribution in [0.4, 0.5) is 17.6 Å². The summed E-state index contributed by atoms with van der Waals surface area (Å²) in [5.74, 6) is 0. The Bertz CT molecular complexity index is 449. The van der Waals surface area contributed by atoms with Gasteiger partial charge in [0.25, 0.3) is 10.0 Å². The van der Waals surface area contributed by atoms with Gasteiger partial charge in [-0.05, 0) is 0 Å². The molecule has 0 saturated carbocycles. The fourth-order valence-corrected chi connectivity index (χ4v) is 2.89. The van der Waals surface area contributed by atoms with Crippen molar-refractivity contribution in [2.75, 3.05) is 26.3 Å². The van der Waals surface area contributed by atoms with E-state index in [0.29, 0.717) is 0 Å². The molecule has 0 unspecified atom stereocenters. The van der Waals surface area contributed by atoms with E-state index in [0.717, 1.165) is 0 Å². The van der Waals surface area contributed by atoms with Crippen molar-refractivity contribution < 1.29 is 35.5 Å². The van der Waals surface area contributed by atoms with E-state index >= 15 is 0 Å². The van der Waals surface area contributed by atoms with Crippen LogP contribution in [-0.4, -0.2) is 54.4 Å². The number of rotatable bonds is 4. The minimum absolute atomic E-state index is 0.159. The Hall–Kier alpha value is 0.420. The predicted octanol–water partition coefficient (Wildman–Crippen LogP) is 2.18. The fraction of sp³-hybridized carbons (Fsp3) is 1.00. The zero-order valence-electron chi connectivity index (χ0n) is 9.46. The first-order chi connectivity index (χ1) is 8.81. The molecule has 0 bridgehead atoms. The van der Waals surface area contributed by atoms with Crippen molar-refractivity contribution in [3.05, 3.63) is 0 Å². The summed E-state index contributed by atoms with van der Waals surface area (Å²) in [5, 5.41) is -5.61. The zero-order valence-corrected chi connectivity index (χ0v) is 12.5.